The summed E-state index contributed by atoms with van der Waals surface area (Å²) in [4.78, 5) is 5.83. The normalized spacial score (nSPS) is 11.5. The minimum atomic E-state index is 0.864. The van der Waals surface area contributed by atoms with Crippen molar-refractivity contribution in [3.8, 4) is 55.9 Å². The predicted molar refractivity (Wildman–Crippen MR) is 246 cm³/mol. The molecule has 0 N–H and O–H groups in total. The zero-order valence-electron chi connectivity index (χ0n) is 33.5. The van der Waals surface area contributed by atoms with Crippen LogP contribution < -0.4 is 4.57 Å². The highest BCUT2D eigenvalue weighted by Gasteiger charge is 2.27. The number of unbranched alkanes of at least 4 members (excludes halogenated alkanes) is 3. The smallest absolute Gasteiger partial charge is 0.243 e. The van der Waals surface area contributed by atoms with Gasteiger partial charge in [-0.2, -0.15) is 0 Å². The van der Waals surface area contributed by atoms with Gasteiger partial charge in [-0.1, -0.05) is 176 Å². The molecule has 8 aromatic carbocycles. The minimum Gasteiger partial charge on any atom is -0.323 e. The Morgan fingerprint density at radius 2 is 0.932 bits per heavy atom. The van der Waals surface area contributed by atoms with E-state index in [1.54, 1.807) is 0 Å². The van der Waals surface area contributed by atoms with Gasteiger partial charge in [0.15, 0.2) is 0 Å². The maximum Gasteiger partial charge on any atom is 0.243 e. The zero-order valence-corrected chi connectivity index (χ0v) is 33.5. The van der Waals surface area contributed by atoms with Crippen molar-refractivity contribution < 1.29 is 4.57 Å². The third kappa shape index (κ3) is 6.91. The van der Waals surface area contributed by atoms with Crippen LogP contribution in [0.5, 0.6) is 0 Å². The molecule has 0 spiro atoms. The highest BCUT2D eigenvalue weighted by atomic mass is 15.1. The Labute approximate surface area is 346 Å². The van der Waals surface area contributed by atoms with Gasteiger partial charge in [0.2, 0.25) is 6.33 Å². The molecule has 10 rings (SSSR count). The van der Waals surface area contributed by atoms with Crippen LogP contribution in [-0.2, 0) is 20.1 Å². The number of fused-ring (bicyclic) bond motifs is 6. The number of nitrogens with zero attached hydrogens (tertiary/aromatic N) is 4. The Bertz CT molecular complexity index is 3040. The van der Waals surface area contributed by atoms with Crippen molar-refractivity contribution in [1.82, 2.24) is 14.1 Å². The summed E-state index contributed by atoms with van der Waals surface area (Å²) in [5.41, 5.74) is 12.9. The van der Waals surface area contributed by atoms with Crippen LogP contribution in [-0.4, -0.2) is 14.1 Å². The summed E-state index contributed by atoms with van der Waals surface area (Å²) in [6, 6.07) is 64.0. The average Bonchev–Trinajstić information content (AvgIpc) is 3.91. The average molecular weight is 764 g/mol. The molecule has 4 heteroatoms. The molecule has 0 amide bonds. The van der Waals surface area contributed by atoms with E-state index in [2.05, 4.69) is 215 Å². The fraction of sp³-hybridized carbons (Fsp3) is 0.127. The molecular weight excluding hydrogens is 717 g/mol. The van der Waals surface area contributed by atoms with Crippen LogP contribution in [0.15, 0.2) is 195 Å². The molecule has 2 aromatic heterocycles. The largest absolute Gasteiger partial charge is 0.323 e. The fourth-order valence-corrected chi connectivity index (χ4v) is 9.15. The van der Waals surface area contributed by atoms with Crippen molar-refractivity contribution >= 4 is 32.6 Å². The SMILES string of the molecule is C[n+]1ccn(CCCCCCn2c(-c3cc(-c4ccccc4)c(-c4ccccc4)c(-c4ccccc4)c3-c3ccccc3)nc3c4ccccc4c4ccccc4c32)c1. The summed E-state index contributed by atoms with van der Waals surface area (Å²) in [5.74, 6) is 1.01. The molecular formula is C55H47N4+. The fourth-order valence-electron chi connectivity index (χ4n) is 9.15. The highest BCUT2D eigenvalue weighted by Crippen LogP contribution is 2.51. The molecule has 2 heterocycles. The van der Waals surface area contributed by atoms with Crippen LogP contribution in [0.4, 0.5) is 0 Å². The number of hydrogen-bond donors (Lipinski definition) is 0. The van der Waals surface area contributed by atoms with Crippen LogP contribution in [0.1, 0.15) is 25.7 Å². The van der Waals surface area contributed by atoms with E-state index in [9.17, 15) is 0 Å². The van der Waals surface area contributed by atoms with Gasteiger partial charge in [-0.25, -0.2) is 14.1 Å². The lowest BCUT2D eigenvalue weighted by Gasteiger charge is -2.24. The number of aryl methyl sites for hydroxylation is 3. The molecule has 286 valence electrons. The zero-order chi connectivity index (χ0) is 39.5. The molecule has 0 fully saturated rings. The third-order valence-electron chi connectivity index (χ3n) is 11.8. The Balaban J connectivity index is 1.27. The highest BCUT2D eigenvalue weighted by molar-refractivity contribution is 6.24. The van der Waals surface area contributed by atoms with E-state index in [0.29, 0.717) is 0 Å². The Morgan fingerprint density at radius 1 is 0.458 bits per heavy atom. The van der Waals surface area contributed by atoms with Crippen LogP contribution in [0.2, 0.25) is 0 Å². The molecule has 0 atom stereocenters. The number of rotatable bonds is 12. The maximum atomic E-state index is 5.83. The first-order chi connectivity index (χ1) is 29.2. The number of hydrogen-bond acceptors (Lipinski definition) is 1. The molecule has 59 heavy (non-hydrogen) atoms. The minimum absolute atomic E-state index is 0.864. The van der Waals surface area contributed by atoms with Crippen LogP contribution in [0.25, 0.3) is 88.5 Å². The van der Waals surface area contributed by atoms with Crippen molar-refractivity contribution in [2.45, 2.75) is 38.8 Å². The van der Waals surface area contributed by atoms with Gasteiger partial charge < -0.3 is 4.57 Å². The topological polar surface area (TPSA) is 26.6 Å². The Morgan fingerprint density at radius 3 is 1.51 bits per heavy atom. The van der Waals surface area contributed by atoms with Crippen molar-refractivity contribution in [3.63, 3.8) is 0 Å². The van der Waals surface area contributed by atoms with Gasteiger partial charge in [0.25, 0.3) is 0 Å². The van der Waals surface area contributed by atoms with E-state index in [4.69, 9.17) is 4.98 Å². The molecule has 0 saturated carbocycles. The second kappa shape index (κ2) is 16.1. The summed E-state index contributed by atoms with van der Waals surface area (Å²) >= 11 is 0. The first kappa shape index (κ1) is 36.3. The summed E-state index contributed by atoms with van der Waals surface area (Å²) in [6.45, 7) is 1.90. The summed E-state index contributed by atoms with van der Waals surface area (Å²) in [7, 11) is 2.08. The summed E-state index contributed by atoms with van der Waals surface area (Å²) in [5, 5.41) is 4.94. The Hall–Kier alpha value is -7.04. The second-order valence-electron chi connectivity index (χ2n) is 15.7. The van der Waals surface area contributed by atoms with E-state index >= 15 is 0 Å². The predicted octanol–water partition coefficient (Wildman–Crippen LogP) is 13.6. The van der Waals surface area contributed by atoms with Gasteiger partial charge in [-0.15, -0.1) is 0 Å². The molecule has 0 aliphatic carbocycles. The Kier molecular flexibility index (Phi) is 9.89. The number of imidazole rings is 2. The van der Waals surface area contributed by atoms with Crippen molar-refractivity contribution in [2.75, 3.05) is 0 Å². The summed E-state index contributed by atoms with van der Waals surface area (Å²) in [6.07, 6.45) is 11.0. The molecule has 0 aliphatic heterocycles. The van der Waals surface area contributed by atoms with Crippen molar-refractivity contribution in [2.24, 2.45) is 7.05 Å². The van der Waals surface area contributed by atoms with Crippen molar-refractivity contribution in [1.29, 1.82) is 0 Å². The van der Waals surface area contributed by atoms with Gasteiger partial charge in [0, 0.05) is 28.4 Å². The van der Waals surface area contributed by atoms with E-state index in [1.165, 1.54) is 78.0 Å². The van der Waals surface area contributed by atoms with Crippen LogP contribution in [0, 0.1) is 0 Å². The lowest BCUT2D eigenvalue weighted by atomic mass is 9.80. The molecule has 0 unspecified atom stereocenters. The first-order valence-electron chi connectivity index (χ1n) is 21.0. The molecule has 0 saturated heterocycles. The number of benzene rings is 8. The van der Waals surface area contributed by atoms with Gasteiger partial charge in [-0.3, -0.25) is 0 Å². The molecule has 0 radical (unpaired) electrons. The molecule has 0 aliphatic rings. The first-order valence-corrected chi connectivity index (χ1v) is 21.0. The molecule has 0 bridgehead atoms. The van der Waals surface area contributed by atoms with Gasteiger partial charge >= 0.3 is 0 Å². The van der Waals surface area contributed by atoms with Gasteiger partial charge in [0.05, 0.1) is 24.6 Å². The van der Waals surface area contributed by atoms with Gasteiger partial charge in [-0.05, 0) is 75.0 Å². The summed E-state index contributed by atoms with van der Waals surface area (Å²) < 4.78 is 6.98. The van der Waals surface area contributed by atoms with E-state index < -0.39 is 0 Å². The van der Waals surface area contributed by atoms with Crippen LogP contribution in [0.3, 0.4) is 0 Å². The van der Waals surface area contributed by atoms with E-state index in [1.807, 2.05) is 0 Å². The second-order valence-corrected chi connectivity index (χ2v) is 15.7. The monoisotopic (exact) mass is 763 g/mol. The quantitative estimate of drug-likeness (QED) is 0.0691. The van der Waals surface area contributed by atoms with Crippen LogP contribution >= 0.6 is 0 Å². The van der Waals surface area contributed by atoms with E-state index in [0.717, 1.165) is 49.3 Å². The lowest BCUT2D eigenvalue weighted by molar-refractivity contribution is -0.671. The maximum absolute atomic E-state index is 5.83. The third-order valence-corrected chi connectivity index (χ3v) is 11.8. The molecule has 10 aromatic rings. The van der Waals surface area contributed by atoms with E-state index in [-0.39, 0.29) is 0 Å². The van der Waals surface area contributed by atoms with Crippen molar-refractivity contribution in [3.05, 3.63) is 195 Å². The number of aromatic nitrogens is 4. The lowest BCUT2D eigenvalue weighted by Crippen LogP contribution is -2.23. The molecule has 4 nitrogen and oxygen atoms in total. The standard InChI is InChI=1S/C55H47N4/c1-57-36-37-58(39-57)34-20-2-3-21-35-59-54-47-33-19-17-31-45(47)44-30-16-18-32-46(44)53(54)56-55(59)49-38-48(40-22-8-4-9-23-40)50(41-24-10-5-11-25-41)52(43-28-14-7-15-29-43)51(49)42-26-12-6-13-27-42/h4-19,22-33,36-39H,2-3,20-21,34-35H2,1H3/q+1. The van der Waals surface area contributed by atoms with Gasteiger partial charge in [0.1, 0.15) is 18.2 Å².